The van der Waals surface area contributed by atoms with Gasteiger partial charge in [0.1, 0.15) is 11.6 Å². The highest BCUT2D eigenvalue weighted by Crippen LogP contribution is 2.41. The van der Waals surface area contributed by atoms with Crippen molar-refractivity contribution in [3.8, 4) is 22.5 Å². The van der Waals surface area contributed by atoms with Crippen molar-refractivity contribution >= 4 is 16.7 Å². The number of fused-ring (bicyclic) bond motifs is 1. The number of anilines is 1. The maximum Gasteiger partial charge on any atom is 0.165 e. The molecule has 1 atom stereocenters. The van der Waals surface area contributed by atoms with E-state index in [1.165, 1.54) is 5.56 Å². The minimum absolute atomic E-state index is 0.0301. The maximum absolute atomic E-state index is 5.94. The van der Waals surface area contributed by atoms with Crippen LogP contribution in [-0.2, 0) is 11.8 Å². The zero-order valence-electron chi connectivity index (χ0n) is 20.0. The monoisotopic (exact) mass is 466 g/mol. The molecule has 0 saturated carbocycles. The molecule has 0 N–H and O–H groups in total. The summed E-state index contributed by atoms with van der Waals surface area (Å²) in [6, 6.07) is 16.7. The van der Waals surface area contributed by atoms with Crippen molar-refractivity contribution in [1.29, 1.82) is 0 Å². The highest BCUT2D eigenvalue weighted by molar-refractivity contribution is 6.03. The summed E-state index contributed by atoms with van der Waals surface area (Å²) >= 11 is 0. The smallest absolute Gasteiger partial charge is 0.165 e. The Morgan fingerprint density at radius 3 is 2.60 bits per heavy atom. The van der Waals surface area contributed by atoms with E-state index in [-0.39, 0.29) is 6.04 Å². The number of nitrogens with zero attached hydrogens (tertiary/aromatic N) is 6. The molecule has 6 rings (SSSR count). The van der Waals surface area contributed by atoms with E-state index in [4.69, 9.17) is 19.2 Å². The first-order valence-corrected chi connectivity index (χ1v) is 11.7. The van der Waals surface area contributed by atoms with Gasteiger partial charge in [-0.2, -0.15) is 5.10 Å². The average Bonchev–Trinajstić information content (AvgIpc) is 3.48. The van der Waals surface area contributed by atoms with Crippen LogP contribution in [0.3, 0.4) is 0 Å². The number of hydrogen-bond acceptors (Lipinski definition) is 7. The average molecular weight is 467 g/mol. The molecule has 1 aliphatic rings. The van der Waals surface area contributed by atoms with E-state index in [0.717, 1.165) is 44.9 Å². The molecule has 1 fully saturated rings. The predicted molar refractivity (Wildman–Crippen MR) is 134 cm³/mol. The minimum atomic E-state index is 0.0301. The van der Waals surface area contributed by atoms with E-state index in [9.17, 15) is 0 Å². The van der Waals surface area contributed by atoms with Gasteiger partial charge in [-0.25, -0.2) is 9.97 Å². The third-order valence-corrected chi connectivity index (χ3v) is 6.55. The molecule has 0 aliphatic carbocycles. The molecule has 8 heteroatoms. The minimum Gasteiger partial charge on any atom is -0.377 e. The predicted octanol–water partition coefficient (Wildman–Crippen LogP) is 4.88. The van der Waals surface area contributed by atoms with Gasteiger partial charge in [0.2, 0.25) is 0 Å². The standard InChI is InChI=1S/C27H26N6O2/c1-17-24(18(2)35-31-17)21-10-7-11-22-25(21)27(30-26(29-22)20-14-28-32(3)15-20)33-12-13-34-16-23(33)19-8-5-4-6-9-19/h4-11,14-15,23H,12-13,16H2,1-3H3. The molecule has 0 bridgehead atoms. The summed E-state index contributed by atoms with van der Waals surface area (Å²) in [5.41, 5.74) is 5.78. The molecule has 35 heavy (non-hydrogen) atoms. The molecule has 0 spiro atoms. The fourth-order valence-electron chi connectivity index (χ4n) is 4.92. The summed E-state index contributed by atoms with van der Waals surface area (Å²) < 4.78 is 13.2. The molecule has 2 aromatic carbocycles. The summed E-state index contributed by atoms with van der Waals surface area (Å²) in [4.78, 5) is 12.5. The van der Waals surface area contributed by atoms with Crippen LogP contribution in [0.2, 0.25) is 0 Å². The molecule has 3 aromatic heterocycles. The van der Waals surface area contributed by atoms with Crippen molar-refractivity contribution in [3.05, 3.63) is 77.9 Å². The SMILES string of the molecule is Cc1noc(C)c1-c1cccc2nc(-c3cnn(C)c3)nc(N3CCOCC3c3ccccc3)c12. The van der Waals surface area contributed by atoms with Crippen molar-refractivity contribution in [2.75, 3.05) is 24.7 Å². The van der Waals surface area contributed by atoms with Crippen LogP contribution in [0.1, 0.15) is 23.1 Å². The van der Waals surface area contributed by atoms with Crippen molar-refractivity contribution in [2.45, 2.75) is 19.9 Å². The number of rotatable bonds is 4. The summed E-state index contributed by atoms with van der Waals surface area (Å²) in [6.45, 7) is 5.85. The number of ether oxygens (including phenoxy) is 1. The first kappa shape index (κ1) is 21.5. The van der Waals surface area contributed by atoms with Crippen molar-refractivity contribution in [2.24, 2.45) is 7.05 Å². The normalized spacial score (nSPS) is 16.2. The van der Waals surface area contributed by atoms with Crippen molar-refractivity contribution in [3.63, 3.8) is 0 Å². The summed E-state index contributed by atoms with van der Waals surface area (Å²) in [5.74, 6) is 2.30. The second kappa shape index (κ2) is 8.63. The van der Waals surface area contributed by atoms with Gasteiger partial charge in [0.25, 0.3) is 0 Å². The van der Waals surface area contributed by atoms with Gasteiger partial charge in [0.15, 0.2) is 5.82 Å². The van der Waals surface area contributed by atoms with Gasteiger partial charge in [-0.1, -0.05) is 47.6 Å². The van der Waals surface area contributed by atoms with Crippen LogP contribution in [0.5, 0.6) is 0 Å². The van der Waals surface area contributed by atoms with Crippen LogP contribution in [-0.4, -0.2) is 44.7 Å². The Labute approximate surface area is 203 Å². The highest BCUT2D eigenvalue weighted by atomic mass is 16.5. The number of benzene rings is 2. The Kier molecular flexibility index (Phi) is 5.30. The molecule has 1 aliphatic heterocycles. The van der Waals surface area contributed by atoms with Crippen LogP contribution < -0.4 is 4.90 Å². The Morgan fingerprint density at radius 2 is 1.86 bits per heavy atom. The summed E-state index contributed by atoms with van der Waals surface area (Å²) in [7, 11) is 1.90. The van der Waals surface area contributed by atoms with Gasteiger partial charge < -0.3 is 14.2 Å². The van der Waals surface area contributed by atoms with Crippen LogP contribution in [0.15, 0.2) is 65.4 Å². The molecule has 0 amide bonds. The van der Waals surface area contributed by atoms with E-state index < -0.39 is 0 Å². The zero-order valence-corrected chi connectivity index (χ0v) is 20.0. The molecule has 1 unspecified atom stereocenters. The van der Waals surface area contributed by atoms with E-state index in [1.54, 1.807) is 10.9 Å². The fourth-order valence-corrected chi connectivity index (χ4v) is 4.92. The Bertz CT molecular complexity index is 1490. The highest BCUT2D eigenvalue weighted by Gasteiger charge is 2.30. The lowest BCUT2D eigenvalue weighted by molar-refractivity contribution is 0.0939. The molecule has 0 radical (unpaired) electrons. The quantitative estimate of drug-likeness (QED) is 0.373. The van der Waals surface area contributed by atoms with Crippen LogP contribution >= 0.6 is 0 Å². The third kappa shape index (κ3) is 3.76. The van der Waals surface area contributed by atoms with E-state index >= 15 is 0 Å². The summed E-state index contributed by atoms with van der Waals surface area (Å²) in [5, 5.41) is 9.54. The molecule has 4 heterocycles. The van der Waals surface area contributed by atoms with E-state index in [2.05, 4.69) is 45.5 Å². The number of aromatic nitrogens is 5. The lowest BCUT2D eigenvalue weighted by Crippen LogP contribution is -2.40. The van der Waals surface area contributed by atoms with Gasteiger partial charge in [0, 0.05) is 30.9 Å². The molecule has 8 nitrogen and oxygen atoms in total. The van der Waals surface area contributed by atoms with Crippen LogP contribution in [0, 0.1) is 13.8 Å². The number of hydrogen-bond donors (Lipinski definition) is 0. The maximum atomic E-state index is 5.94. The van der Waals surface area contributed by atoms with Crippen LogP contribution in [0.25, 0.3) is 33.4 Å². The van der Waals surface area contributed by atoms with Gasteiger partial charge in [-0.15, -0.1) is 0 Å². The molecular formula is C27H26N6O2. The first-order chi connectivity index (χ1) is 17.1. The van der Waals surface area contributed by atoms with Crippen molar-refractivity contribution < 1.29 is 9.26 Å². The lowest BCUT2D eigenvalue weighted by atomic mass is 9.97. The fraction of sp³-hybridized carbons (Fsp3) is 0.259. The summed E-state index contributed by atoms with van der Waals surface area (Å²) in [6.07, 6.45) is 3.74. The van der Waals surface area contributed by atoms with Gasteiger partial charge >= 0.3 is 0 Å². The number of morpholine rings is 1. The zero-order chi connectivity index (χ0) is 23.9. The van der Waals surface area contributed by atoms with E-state index in [0.29, 0.717) is 25.6 Å². The van der Waals surface area contributed by atoms with Gasteiger partial charge in [-0.05, 0) is 25.5 Å². The molecule has 176 valence electrons. The van der Waals surface area contributed by atoms with Crippen molar-refractivity contribution in [1.82, 2.24) is 24.9 Å². The topological polar surface area (TPSA) is 82.1 Å². The molecule has 5 aromatic rings. The molecule has 1 saturated heterocycles. The Hall–Kier alpha value is -4.04. The van der Waals surface area contributed by atoms with Gasteiger partial charge in [0.05, 0.1) is 47.6 Å². The van der Waals surface area contributed by atoms with E-state index in [1.807, 2.05) is 45.3 Å². The largest absolute Gasteiger partial charge is 0.377 e. The number of aryl methyl sites for hydroxylation is 3. The second-order valence-electron chi connectivity index (χ2n) is 8.87. The molecular weight excluding hydrogens is 440 g/mol. The third-order valence-electron chi connectivity index (χ3n) is 6.55. The first-order valence-electron chi connectivity index (χ1n) is 11.7. The second-order valence-corrected chi connectivity index (χ2v) is 8.87. The lowest BCUT2D eigenvalue weighted by Gasteiger charge is -2.37. The Balaban J connectivity index is 1.64. The van der Waals surface area contributed by atoms with Crippen LogP contribution in [0.4, 0.5) is 5.82 Å². The Morgan fingerprint density at radius 1 is 1.00 bits per heavy atom. The van der Waals surface area contributed by atoms with Gasteiger partial charge in [-0.3, -0.25) is 4.68 Å².